The van der Waals surface area contributed by atoms with Crippen molar-refractivity contribution in [3.05, 3.63) is 81.9 Å². The standard InChI is InChI=1S/C21H14Cl2F4N2O/c22-16-11-12(13-3-1-10-29-20(13)23)5-6-14(16)17(24)7-8-18(30)15-4-2-9-28-19(15)21(25,26)27/h1-6,9-11,17H,7-8H2. The Morgan fingerprint density at radius 1 is 1.03 bits per heavy atom. The van der Waals surface area contributed by atoms with Crippen LogP contribution < -0.4 is 0 Å². The zero-order chi connectivity index (χ0) is 21.9. The van der Waals surface area contributed by atoms with Gasteiger partial charge in [-0.1, -0.05) is 35.3 Å². The number of hydrogen-bond acceptors (Lipinski definition) is 3. The largest absolute Gasteiger partial charge is 0.434 e. The Bertz CT molecular complexity index is 1070. The monoisotopic (exact) mass is 456 g/mol. The first-order valence-corrected chi connectivity index (χ1v) is 9.54. The fourth-order valence-electron chi connectivity index (χ4n) is 2.95. The van der Waals surface area contributed by atoms with Gasteiger partial charge in [0.1, 0.15) is 11.3 Å². The normalized spacial score (nSPS) is 12.6. The molecule has 0 amide bonds. The Balaban J connectivity index is 1.74. The highest BCUT2D eigenvalue weighted by atomic mass is 35.5. The van der Waals surface area contributed by atoms with Gasteiger partial charge in [0.25, 0.3) is 0 Å². The lowest BCUT2D eigenvalue weighted by Gasteiger charge is -2.13. The third kappa shape index (κ3) is 4.96. The molecule has 0 saturated carbocycles. The minimum Gasteiger partial charge on any atom is -0.294 e. The van der Waals surface area contributed by atoms with E-state index in [0.29, 0.717) is 11.1 Å². The van der Waals surface area contributed by atoms with Gasteiger partial charge in [0.05, 0.1) is 0 Å². The number of Topliss-reactive ketones (excluding diaryl/α,β-unsaturated/α-hetero) is 1. The number of ketones is 1. The Hall–Kier alpha value is -2.51. The van der Waals surface area contributed by atoms with Crippen LogP contribution in [0.5, 0.6) is 0 Å². The summed E-state index contributed by atoms with van der Waals surface area (Å²) in [5, 5.41) is 0.380. The zero-order valence-corrected chi connectivity index (χ0v) is 16.8. The molecule has 0 aliphatic rings. The third-order valence-corrected chi connectivity index (χ3v) is 5.04. The molecule has 3 nitrogen and oxygen atoms in total. The van der Waals surface area contributed by atoms with Gasteiger partial charge in [-0.3, -0.25) is 9.78 Å². The van der Waals surface area contributed by atoms with Gasteiger partial charge in [-0.25, -0.2) is 9.37 Å². The molecule has 0 N–H and O–H groups in total. The summed E-state index contributed by atoms with van der Waals surface area (Å²) in [4.78, 5) is 19.5. The van der Waals surface area contributed by atoms with Gasteiger partial charge in [0, 0.05) is 40.5 Å². The van der Waals surface area contributed by atoms with Crippen LogP contribution >= 0.6 is 23.2 Å². The van der Waals surface area contributed by atoms with E-state index >= 15 is 0 Å². The number of hydrogen-bond donors (Lipinski definition) is 0. The van der Waals surface area contributed by atoms with Crippen LogP contribution in [0.3, 0.4) is 0 Å². The van der Waals surface area contributed by atoms with E-state index in [4.69, 9.17) is 23.2 Å². The van der Waals surface area contributed by atoms with Gasteiger partial charge in [0.15, 0.2) is 11.5 Å². The van der Waals surface area contributed by atoms with Crippen molar-refractivity contribution in [1.29, 1.82) is 0 Å². The summed E-state index contributed by atoms with van der Waals surface area (Å²) < 4.78 is 53.7. The van der Waals surface area contributed by atoms with Crippen LogP contribution in [0.25, 0.3) is 11.1 Å². The molecule has 1 unspecified atom stereocenters. The lowest BCUT2D eigenvalue weighted by atomic mass is 9.98. The maximum absolute atomic E-state index is 14.7. The molecule has 3 rings (SSSR count). The minimum atomic E-state index is -4.77. The van der Waals surface area contributed by atoms with Gasteiger partial charge in [-0.2, -0.15) is 13.2 Å². The Kier molecular flexibility index (Phi) is 6.73. The van der Waals surface area contributed by atoms with E-state index in [2.05, 4.69) is 9.97 Å². The van der Waals surface area contributed by atoms with Crippen molar-refractivity contribution in [2.45, 2.75) is 25.2 Å². The highest BCUT2D eigenvalue weighted by Gasteiger charge is 2.36. The van der Waals surface area contributed by atoms with E-state index in [-0.39, 0.29) is 22.2 Å². The van der Waals surface area contributed by atoms with Crippen molar-refractivity contribution in [1.82, 2.24) is 9.97 Å². The topological polar surface area (TPSA) is 42.9 Å². The molecule has 9 heteroatoms. The maximum atomic E-state index is 14.7. The number of aromatic nitrogens is 2. The molecule has 156 valence electrons. The molecule has 0 spiro atoms. The smallest absolute Gasteiger partial charge is 0.294 e. The fourth-order valence-corrected chi connectivity index (χ4v) is 3.48. The third-order valence-electron chi connectivity index (χ3n) is 4.41. The van der Waals surface area contributed by atoms with Crippen LogP contribution in [0.4, 0.5) is 17.6 Å². The first-order valence-electron chi connectivity index (χ1n) is 8.78. The lowest BCUT2D eigenvalue weighted by Crippen LogP contribution is -2.15. The minimum absolute atomic E-state index is 0.115. The van der Waals surface area contributed by atoms with Crippen LogP contribution in [-0.2, 0) is 6.18 Å². The second-order valence-electron chi connectivity index (χ2n) is 6.40. The van der Waals surface area contributed by atoms with Gasteiger partial charge >= 0.3 is 6.18 Å². The average Bonchev–Trinajstić information content (AvgIpc) is 2.71. The number of carbonyl (C=O) groups is 1. The number of nitrogens with zero attached hydrogens (tertiary/aromatic N) is 2. The predicted octanol–water partition coefficient (Wildman–Crippen LogP) is 7.14. The highest BCUT2D eigenvalue weighted by Crippen LogP contribution is 2.35. The van der Waals surface area contributed by atoms with Crippen LogP contribution in [0.2, 0.25) is 10.2 Å². The first-order chi connectivity index (χ1) is 14.2. The molecule has 3 aromatic rings. The molecule has 0 saturated heterocycles. The number of rotatable bonds is 6. The number of halogens is 6. The summed E-state index contributed by atoms with van der Waals surface area (Å²) >= 11 is 12.2. The van der Waals surface area contributed by atoms with Gasteiger partial charge in [-0.05, 0) is 42.3 Å². The number of benzene rings is 1. The molecular formula is C21H14Cl2F4N2O. The van der Waals surface area contributed by atoms with Crippen molar-refractivity contribution in [3.63, 3.8) is 0 Å². The molecule has 1 atom stereocenters. The fraction of sp³-hybridized carbons (Fsp3) is 0.190. The van der Waals surface area contributed by atoms with Crippen LogP contribution in [-0.4, -0.2) is 15.8 Å². The Labute approximate surface area is 179 Å². The van der Waals surface area contributed by atoms with E-state index < -0.39 is 35.8 Å². The molecule has 0 bridgehead atoms. The van der Waals surface area contributed by atoms with E-state index in [0.717, 1.165) is 12.3 Å². The molecule has 0 radical (unpaired) electrons. The summed E-state index contributed by atoms with van der Waals surface area (Å²) in [6.07, 6.45) is -4.67. The second-order valence-corrected chi connectivity index (χ2v) is 7.17. The van der Waals surface area contributed by atoms with Gasteiger partial charge in [-0.15, -0.1) is 0 Å². The van der Waals surface area contributed by atoms with E-state index in [1.807, 2.05) is 0 Å². The number of carbonyl (C=O) groups excluding carboxylic acids is 1. The number of pyridine rings is 2. The molecule has 1 aromatic carbocycles. The maximum Gasteiger partial charge on any atom is 0.434 e. The van der Waals surface area contributed by atoms with Crippen LogP contribution in [0.1, 0.15) is 40.6 Å². The van der Waals surface area contributed by atoms with Gasteiger partial charge < -0.3 is 0 Å². The molecule has 2 aromatic heterocycles. The van der Waals surface area contributed by atoms with Crippen LogP contribution in [0, 0.1) is 0 Å². The van der Waals surface area contributed by atoms with E-state index in [1.165, 1.54) is 24.4 Å². The van der Waals surface area contributed by atoms with Crippen molar-refractivity contribution in [3.8, 4) is 11.1 Å². The van der Waals surface area contributed by atoms with Crippen molar-refractivity contribution in [2.75, 3.05) is 0 Å². The van der Waals surface area contributed by atoms with Crippen molar-refractivity contribution in [2.24, 2.45) is 0 Å². The predicted molar refractivity (Wildman–Crippen MR) is 106 cm³/mol. The van der Waals surface area contributed by atoms with E-state index in [9.17, 15) is 22.4 Å². The molecule has 0 aliphatic carbocycles. The summed E-state index contributed by atoms with van der Waals surface area (Å²) in [5.74, 6) is -0.840. The first kappa shape index (κ1) is 22.2. The molecule has 0 aliphatic heterocycles. The van der Waals surface area contributed by atoms with E-state index in [1.54, 1.807) is 18.2 Å². The summed E-state index contributed by atoms with van der Waals surface area (Å²) in [6, 6.07) is 10.3. The summed E-state index contributed by atoms with van der Waals surface area (Å²) in [5.41, 5.74) is -0.466. The molecule has 0 fully saturated rings. The summed E-state index contributed by atoms with van der Waals surface area (Å²) in [6.45, 7) is 0. The Morgan fingerprint density at radius 2 is 1.73 bits per heavy atom. The molecule has 30 heavy (non-hydrogen) atoms. The average molecular weight is 457 g/mol. The van der Waals surface area contributed by atoms with Crippen molar-refractivity contribution < 1.29 is 22.4 Å². The van der Waals surface area contributed by atoms with Crippen molar-refractivity contribution >= 4 is 29.0 Å². The molecule has 2 heterocycles. The summed E-state index contributed by atoms with van der Waals surface area (Å²) in [7, 11) is 0. The van der Waals surface area contributed by atoms with Crippen LogP contribution in [0.15, 0.2) is 54.9 Å². The lowest BCUT2D eigenvalue weighted by molar-refractivity contribution is -0.141. The Morgan fingerprint density at radius 3 is 2.40 bits per heavy atom. The zero-order valence-electron chi connectivity index (χ0n) is 15.3. The quantitative estimate of drug-likeness (QED) is 0.225. The number of alkyl halides is 4. The highest BCUT2D eigenvalue weighted by molar-refractivity contribution is 6.33. The second kappa shape index (κ2) is 9.10. The SMILES string of the molecule is O=C(CCC(F)c1ccc(-c2cccnc2Cl)cc1Cl)c1cccnc1C(F)(F)F. The molecular weight excluding hydrogens is 443 g/mol. The van der Waals surface area contributed by atoms with Gasteiger partial charge in [0.2, 0.25) is 0 Å².